The normalized spacial score (nSPS) is 11.1. The number of benzene rings is 1. The van der Waals surface area contributed by atoms with E-state index in [0.29, 0.717) is 23.9 Å². The fourth-order valence-electron chi connectivity index (χ4n) is 2.81. The summed E-state index contributed by atoms with van der Waals surface area (Å²) in [5, 5.41) is 6.05. The molecule has 3 heterocycles. The summed E-state index contributed by atoms with van der Waals surface area (Å²) >= 11 is 3.29. The van der Waals surface area contributed by atoms with Crippen molar-refractivity contribution in [2.75, 3.05) is 6.54 Å². The van der Waals surface area contributed by atoms with Gasteiger partial charge in [0.15, 0.2) is 0 Å². The maximum atomic E-state index is 12.2. The molecule has 138 valence electrons. The van der Waals surface area contributed by atoms with Gasteiger partial charge in [-0.3, -0.25) is 4.79 Å². The summed E-state index contributed by atoms with van der Waals surface area (Å²) in [5.74, 6) is 1.25. The molecule has 0 bridgehead atoms. The van der Waals surface area contributed by atoms with Gasteiger partial charge in [-0.2, -0.15) is 0 Å². The predicted molar refractivity (Wildman–Crippen MR) is 109 cm³/mol. The highest BCUT2D eigenvalue weighted by Gasteiger charge is 2.15. The molecule has 0 spiro atoms. The van der Waals surface area contributed by atoms with Gasteiger partial charge in [0, 0.05) is 13.0 Å². The number of hydrogen-bond donors (Lipinski definition) is 1. The maximum Gasteiger partial charge on any atom is 0.236 e. The molecular formula is C20H19N3O2S2. The highest BCUT2D eigenvalue weighted by Crippen LogP contribution is 2.26. The van der Waals surface area contributed by atoms with Gasteiger partial charge in [0.25, 0.3) is 0 Å². The zero-order chi connectivity index (χ0) is 18.6. The van der Waals surface area contributed by atoms with Crippen LogP contribution >= 0.6 is 22.7 Å². The van der Waals surface area contributed by atoms with Gasteiger partial charge in [-0.15, -0.1) is 22.7 Å². The maximum absolute atomic E-state index is 12.2. The fraction of sp³-hybridized carbons (Fsp3) is 0.250. The van der Waals surface area contributed by atoms with Crippen molar-refractivity contribution in [3.63, 3.8) is 0 Å². The first-order chi connectivity index (χ1) is 13.2. The van der Waals surface area contributed by atoms with Crippen molar-refractivity contribution in [2.24, 2.45) is 0 Å². The first kappa shape index (κ1) is 17.9. The Morgan fingerprint density at radius 3 is 2.89 bits per heavy atom. The van der Waals surface area contributed by atoms with Gasteiger partial charge in [-0.25, -0.2) is 9.97 Å². The Hall–Kier alpha value is -2.51. The Kier molecular flexibility index (Phi) is 5.31. The molecule has 0 atom stereocenters. The monoisotopic (exact) mass is 397 g/mol. The first-order valence-electron chi connectivity index (χ1n) is 8.80. The lowest BCUT2D eigenvalue weighted by atomic mass is 10.2. The van der Waals surface area contributed by atoms with E-state index < -0.39 is 0 Å². The largest absolute Gasteiger partial charge is 0.440 e. The zero-order valence-corrected chi connectivity index (χ0v) is 16.5. The Morgan fingerprint density at radius 1 is 1.19 bits per heavy atom. The van der Waals surface area contributed by atoms with Gasteiger partial charge < -0.3 is 9.73 Å². The molecule has 0 aliphatic heterocycles. The molecule has 4 rings (SSSR count). The average Bonchev–Trinajstić information content (AvgIpc) is 3.39. The van der Waals surface area contributed by atoms with Gasteiger partial charge in [0.2, 0.25) is 11.8 Å². The van der Waals surface area contributed by atoms with Crippen molar-refractivity contribution in [2.45, 2.75) is 26.2 Å². The van der Waals surface area contributed by atoms with Crippen molar-refractivity contribution in [1.82, 2.24) is 15.3 Å². The number of rotatable bonds is 7. The van der Waals surface area contributed by atoms with Crippen LogP contribution < -0.4 is 5.32 Å². The Bertz CT molecular complexity index is 1020. The lowest BCUT2D eigenvalue weighted by molar-refractivity contribution is -0.120. The molecule has 7 heteroatoms. The van der Waals surface area contributed by atoms with Gasteiger partial charge in [-0.05, 0) is 36.9 Å². The number of oxazole rings is 1. The van der Waals surface area contributed by atoms with E-state index in [2.05, 4.69) is 21.4 Å². The molecule has 0 aliphatic carbocycles. The van der Waals surface area contributed by atoms with Crippen molar-refractivity contribution in [1.29, 1.82) is 0 Å². The van der Waals surface area contributed by atoms with E-state index in [1.807, 2.05) is 42.6 Å². The minimum absolute atomic E-state index is 0.0339. The van der Waals surface area contributed by atoms with Crippen LogP contribution in [0.4, 0.5) is 0 Å². The molecule has 1 amide bonds. The summed E-state index contributed by atoms with van der Waals surface area (Å²) in [7, 11) is 0. The number of thiophene rings is 1. The summed E-state index contributed by atoms with van der Waals surface area (Å²) in [4.78, 5) is 22.3. The summed E-state index contributed by atoms with van der Waals surface area (Å²) in [6.07, 6.45) is 1.97. The second-order valence-corrected chi connectivity index (χ2v) is 8.27. The number of aryl methyl sites for hydroxylation is 2. The number of nitrogens with zero attached hydrogens (tertiary/aromatic N) is 2. The van der Waals surface area contributed by atoms with Crippen LogP contribution in [0.2, 0.25) is 0 Å². The van der Waals surface area contributed by atoms with Crippen LogP contribution in [0.5, 0.6) is 0 Å². The van der Waals surface area contributed by atoms with Crippen LogP contribution in [0.15, 0.2) is 46.2 Å². The summed E-state index contributed by atoms with van der Waals surface area (Å²) in [5.41, 5.74) is 1.74. The minimum atomic E-state index is -0.0339. The number of carbonyl (C=O) groups is 1. The molecule has 0 saturated heterocycles. The zero-order valence-electron chi connectivity index (χ0n) is 14.9. The molecule has 0 saturated carbocycles. The molecular weight excluding hydrogens is 378 g/mol. The lowest BCUT2D eigenvalue weighted by Crippen LogP contribution is -2.26. The molecule has 5 nitrogen and oxygen atoms in total. The molecule has 1 aromatic carbocycles. The number of nitrogens with one attached hydrogen (secondary N) is 1. The van der Waals surface area contributed by atoms with E-state index in [4.69, 9.17) is 4.42 Å². The third-order valence-electron chi connectivity index (χ3n) is 4.18. The molecule has 27 heavy (non-hydrogen) atoms. The standard InChI is InChI=1S/C20H19N3O2S2/c1-13-15(23-20(25-13)17-8-5-11-26-17)12-18(24)21-10-4-9-19-22-14-6-2-3-7-16(14)27-19/h2-3,5-8,11H,4,9-10,12H2,1H3,(H,21,24). The SMILES string of the molecule is Cc1oc(-c2cccs2)nc1CC(=O)NCCCc1nc2ccccc2s1. The molecule has 4 aromatic rings. The van der Waals surface area contributed by atoms with Crippen LogP contribution in [0.25, 0.3) is 21.0 Å². The van der Waals surface area contributed by atoms with Crippen molar-refractivity contribution >= 4 is 38.8 Å². The van der Waals surface area contributed by atoms with E-state index in [9.17, 15) is 4.79 Å². The van der Waals surface area contributed by atoms with Crippen molar-refractivity contribution < 1.29 is 9.21 Å². The molecule has 0 aliphatic rings. The van der Waals surface area contributed by atoms with E-state index in [1.165, 1.54) is 4.70 Å². The number of para-hydroxylation sites is 1. The summed E-state index contributed by atoms with van der Waals surface area (Å²) in [6.45, 7) is 2.48. The average molecular weight is 398 g/mol. The molecule has 0 fully saturated rings. The first-order valence-corrected chi connectivity index (χ1v) is 10.5. The molecule has 1 N–H and O–H groups in total. The fourth-order valence-corrected chi connectivity index (χ4v) is 4.46. The van der Waals surface area contributed by atoms with E-state index in [0.717, 1.165) is 28.2 Å². The number of amides is 1. The van der Waals surface area contributed by atoms with Crippen molar-refractivity contribution in [3.05, 3.63) is 58.2 Å². The summed E-state index contributed by atoms with van der Waals surface area (Å²) in [6, 6.07) is 12.1. The summed E-state index contributed by atoms with van der Waals surface area (Å²) < 4.78 is 6.89. The topological polar surface area (TPSA) is 68.0 Å². The van der Waals surface area contributed by atoms with E-state index in [-0.39, 0.29) is 12.3 Å². The number of fused-ring (bicyclic) bond motifs is 1. The number of carbonyl (C=O) groups excluding carboxylic acids is 1. The Labute approximate surface area is 165 Å². The Morgan fingerprint density at radius 2 is 2.07 bits per heavy atom. The molecule has 0 radical (unpaired) electrons. The van der Waals surface area contributed by atoms with E-state index >= 15 is 0 Å². The number of thiazole rings is 1. The quantitative estimate of drug-likeness (QED) is 0.462. The lowest BCUT2D eigenvalue weighted by Gasteiger charge is -2.03. The van der Waals surface area contributed by atoms with Gasteiger partial charge in [-0.1, -0.05) is 18.2 Å². The molecule has 3 aromatic heterocycles. The van der Waals surface area contributed by atoms with Gasteiger partial charge in [0.1, 0.15) is 5.76 Å². The number of hydrogen-bond acceptors (Lipinski definition) is 6. The smallest absolute Gasteiger partial charge is 0.236 e. The second kappa shape index (κ2) is 8.02. The second-order valence-electron chi connectivity index (χ2n) is 6.20. The van der Waals surface area contributed by atoms with Crippen LogP contribution in [-0.2, 0) is 17.6 Å². The van der Waals surface area contributed by atoms with Crippen LogP contribution in [-0.4, -0.2) is 22.4 Å². The van der Waals surface area contributed by atoms with Crippen molar-refractivity contribution in [3.8, 4) is 10.8 Å². The van der Waals surface area contributed by atoms with E-state index in [1.54, 1.807) is 22.7 Å². The highest BCUT2D eigenvalue weighted by molar-refractivity contribution is 7.18. The Balaban J connectivity index is 1.26. The van der Waals surface area contributed by atoms with Crippen LogP contribution in [0.3, 0.4) is 0 Å². The highest BCUT2D eigenvalue weighted by atomic mass is 32.1. The van der Waals surface area contributed by atoms with Gasteiger partial charge >= 0.3 is 0 Å². The van der Waals surface area contributed by atoms with Gasteiger partial charge in [0.05, 0.1) is 32.2 Å². The third-order valence-corrected chi connectivity index (χ3v) is 6.13. The number of aromatic nitrogens is 2. The van der Waals surface area contributed by atoms with Crippen LogP contribution in [0, 0.1) is 6.92 Å². The molecule has 0 unspecified atom stereocenters. The minimum Gasteiger partial charge on any atom is -0.440 e. The van der Waals surface area contributed by atoms with Crippen LogP contribution in [0.1, 0.15) is 22.9 Å². The third kappa shape index (κ3) is 4.26. The predicted octanol–water partition coefficient (Wildman–Crippen LogP) is 4.61.